The lowest BCUT2D eigenvalue weighted by atomic mass is 9.94. The number of likely N-dealkylation sites (N-methyl/N-ethyl adjacent to an activating group) is 1. The Morgan fingerprint density at radius 3 is 2.52 bits per heavy atom. The normalized spacial score (nSPS) is 19.5. The predicted molar refractivity (Wildman–Crippen MR) is 101 cm³/mol. The average molecular weight is 377 g/mol. The van der Waals surface area contributed by atoms with Gasteiger partial charge in [-0.15, -0.1) is 0 Å². The lowest BCUT2D eigenvalue weighted by Gasteiger charge is -2.37. The SMILES string of the molecule is CCCNCc1nc(C(=O)N2CCC(C(=O)N3CCN(C)CC3)CC2)co1. The van der Waals surface area contributed by atoms with Crippen molar-refractivity contribution < 1.29 is 14.0 Å². The zero-order chi connectivity index (χ0) is 19.2. The van der Waals surface area contributed by atoms with Crippen LogP contribution in [0.3, 0.4) is 0 Å². The van der Waals surface area contributed by atoms with Gasteiger partial charge in [0.25, 0.3) is 5.91 Å². The van der Waals surface area contributed by atoms with Crippen molar-refractivity contribution in [3.8, 4) is 0 Å². The van der Waals surface area contributed by atoms with E-state index in [0.29, 0.717) is 31.2 Å². The number of oxazole rings is 1. The molecule has 3 heterocycles. The number of likely N-dealkylation sites (tertiary alicyclic amines) is 1. The molecule has 8 nitrogen and oxygen atoms in total. The molecule has 0 saturated carbocycles. The van der Waals surface area contributed by atoms with Crippen LogP contribution in [-0.4, -0.2) is 84.4 Å². The van der Waals surface area contributed by atoms with Crippen LogP contribution in [0.15, 0.2) is 10.7 Å². The molecule has 0 aromatic carbocycles. The Hall–Kier alpha value is -1.93. The summed E-state index contributed by atoms with van der Waals surface area (Å²) in [4.78, 5) is 35.6. The molecule has 0 spiro atoms. The van der Waals surface area contributed by atoms with Gasteiger partial charge in [0, 0.05) is 45.2 Å². The molecule has 0 bridgehead atoms. The molecule has 0 aliphatic carbocycles. The molecular formula is C19H31N5O3. The third-order valence-electron chi connectivity index (χ3n) is 5.42. The van der Waals surface area contributed by atoms with E-state index in [4.69, 9.17) is 4.42 Å². The van der Waals surface area contributed by atoms with E-state index in [1.54, 1.807) is 4.90 Å². The van der Waals surface area contributed by atoms with E-state index in [0.717, 1.165) is 52.0 Å². The van der Waals surface area contributed by atoms with Crippen LogP contribution >= 0.6 is 0 Å². The Balaban J connectivity index is 1.47. The highest BCUT2D eigenvalue weighted by Gasteiger charge is 2.32. The molecule has 2 fully saturated rings. The molecule has 0 atom stereocenters. The fourth-order valence-electron chi connectivity index (χ4n) is 3.64. The second-order valence-electron chi connectivity index (χ2n) is 7.50. The molecule has 2 aliphatic rings. The summed E-state index contributed by atoms with van der Waals surface area (Å²) < 4.78 is 5.38. The summed E-state index contributed by atoms with van der Waals surface area (Å²) >= 11 is 0. The second-order valence-corrected chi connectivity index (χ2v) is 7.50. The first kappa shape index (κ1) is 19.8. The van der Waals surface area contributed by atoms with Gasteiger partial charge in [-0.05, 0) is 32.9 Å². The number of piperidine rings is 1. The van der Waals surface area contributed by atoms with Gasteiger partial charge in [-0.25, -0.2) is 4.98 Å². The monoisotopic (exact) mass is 377 g/mol. The summed E-state index contributed by atoms with van der Waals surface area (Å²) in [6, 6.07) is 0. The molecule has 2 aliphatic heterocycles. The van der Waals surface area contributed by atoms with E-state index in [1.165, 1.54) is 6.26 Å². The summed E-state index contributed by atoms with van der Waals surface area (Å²) in [6.07, 6.45) is 3.92. The van der Waals surface area contributed by atoms with Crippen LogP contribution in [-0.2, 0) is 11.3 Å². The maximum Gasteiger partial charge on any atom is 0.275 e. The molecule has 2 amide bonds. The molecule has 2 saturated heterocycles. The largest absolute Gasteiger partial charge is 0.447 e. The number of aromatic nitrogens is 1. The molecular weight excluding hydrogens is 346 g/mol. The van der Waals surface area contributed by atoms with E-state index < -0.39 is 0 Å². The van der Waals surface area contributed by atoms with Crippen molar-refractivity contribution in [3.05, 3.63) is 17.8 Å². The fraction of sp³-hybridized carbons (Fsp3) is 0.737. The third-order valence-corrected chi connectivity index (χ3v) is 5.42. The van der Waals surface area contributed by atoms with Crippen molar-refractivity contribution in [2.75, 3.05) is 52.9 Å². The van der Waals surface area contributed by atoms with Gasteiger partial charge >= 0.3 is 0 Å². The van der Waals surface area contributed by atoms with E-state index in [1.807, 2.05) is 4.90 Å². The van der Waals surface area contributed by atoms with Crippen molar-refractivity contribution in [1.29, 1.82) is 0 Å². The Labute approximate surface area is 160 Å². The van der Waals surface area contributed by atoms with E-state index >= 15 is 0 Å². The van der Waals surface area contributed by atoms with Crippen molar-refractivity contribution in [2.24, 2.45) is 5.92 Å². The quantitative estimate of drug-likeness (QED) is 0.739. The second kappa shape index (κ2) is 9.32. The maximum absolute atomic E-state index is 12.7. The number of carbonyl (C=O) groups is 2. The van der Waals surface area contributed by atoms with E-state index in [2.05, 4.69) is 29.2 Å². The van der Waals surface area contributed by atoms with Crippen LogP contribution in [0.5, 0.6) is 0 Å². The first-order chi connectivity index (χ1) is 13.1. The highest BCUT2D eigenvalue weighted by Crippen LogP contribution is 2.22. The first-order valence-electron chi connectivity index (χ1n) is 10.00. The number of piperazine rings is 1. The van der Waals surface area contributed by atoms with Gasteiger partial charge in [0.1, 0.15) is 6.26 Å². The number of hydrogen-bond acceptors (Lipinski definition) is 6. The lowest BCUT2D eigenvalue weighted by molar-refractivity contribution is -0.138. The first-order valence-corrected chi connectivity index (χ1v) is 10.00. The van der Waals surface area contributed by atoms with Crippen LogP contribution in [0.25, 0.3) is 0 Å². The lowest BCUT2D eigenvalue weighted by Crippen LogP contribution is -2.51. The molecule has 150 valence electrons. The molecule has 1 aromatic heterocycles. The van der Waals surface area contributed by atoms with Crippen molar-refractivity contribution in [3.63, 3.8) is 0 Å². The zero-order valence-electron chi connectivity index (χ0n) is 16.4. The smallest absolute Gasteiger partial charge is 0.275 e. The van der Waals surface area contributed by atoms with Gasteiger partial charge in [-0.2, -0.15) is 0 Å². The highest BCUT2D eigenvalue weighted by molar-refractivity contribution is 5.92. The van der Waals surface area contributed by atoms with Crippen LogP contribution in [0.1, 0.15) is 42.6 Å². The molecule has 0 unspecified atom stereocenters. The summed E-state index contributed by atoms with van der Waals surface area (Å²) in [7, 11) is 2.08. The Morgan fingerprint density at radius 2 is 1.85 bits per heavy atom. The number of nitrogens with one attached hydrogen (secondary N) is 1. The summed E-state index contributed by atoms with van der Waals surface area (Å²) in [5, 5.41) is 3.21. The average Bonchev–Trinajstić information content (AvgIpc) is 3.17. The van der Waals surface area contributed by atoms with Gasteiger partial charge in [-0.3, -0.25) is 9.59 Å². The van der Waals surface area contributed by atoms with Gasteiger partial charge in [-0.1, -0.05) is 6.92 Å². The number of amides is 2. The molecule has 27 heavy (non-hydrogen) atoms. The Bertz CT molecular complexity index is 631. The van der Waals surface area contributed by atoms with Crippen molar-refractivity contribution in [2.45, 2.75) is 32.7 Å². The zero-order valence-corrected chi connectivity index (χ0v) is 16.4. The fourth-order valence-corrected chi connectivity index (χ4v) is 3.64. The van der Waals surface area contributed by atoms with Gasteiger partial charge in [0.05, 0.1) is 6.54 Å². The van der Waals surface area contributed by atoms with E-state index in [9.17, 15) is 9.59 Å². The minimum atomic E-state index is -0.106. The highest BCUT2D eigenvalue weighted by atomic mass is 16.3. The number of carbonyl (C=O) groups excluding carboxylic acids is 2. The van der Waals surface area contributed by atoms with Gasteiger partial charge < -0.3 is 24.4 Å². The van der Waals surface area contributed by atoms with Crippen LogP contribution in [0.4, 0.5) is 0 Å². The summed E-state index contributed by atoms with van der Waals surface area (Å²) in [5.41, 5.74) is 0.354. The van der Waals surface area contributed by atoms with Crippen LogP contribution < -0.4 is 5.32 Å². The predicted octanol–water partition coefficient (Wildman–Crippen LogP) is 0.800. The standard InChI is InChI=1S/C19H31N5O3/c1-3-6-20-13-17-21-16(14-27-17)19(26)23-7-4-15(5-8-23)18(25)24-11-9-22(2)10-12-24/h14-15,20H,3-13H2,1-2H3. The van der Waals surface area contributed by atoms with Crippen molar-refractivity contribution >= 4 is 11.8 Å². The number of nitrogens with zero attached hydrogens (tertiary/aromatic N) is 4. The summed E-state index contributed by atoms with van der Waals surface area (Å²) in [6.45, 7) is 8.19. The minimum absolute atomic E-state index is 0.0311. The third kappa shape index (κ3) is 5.07. The molecule has 0 radical (unpaired) electrons. The van der Waals surface area contributed by atoms with Gasteiger partial charge in [0.15, 0.2) is 5.69 Å². The van der Waals surface area contributed by atoms with E-state index in [-0.39, 0.29) is 17.7 Å². The maximum atomic E-state index is 12.7. The minimum Gasteiger partial charge on any atom is -0.447 e. The Morgan fingerprint density at radius 1 is 1.15 bits per heavy atom. The molecule has 1 aromatic rings. The number of rotatable bonds is 6. The van der Waals surface area contributed by atoms with Gasteiger partial charge in [0.2, 0.25) is 11.8 Å². The molecule has 8 heteroatoms. The topological polar surface area (TPSA) is 81.9 Å². The van der Waals surface area contributed by atoms with Crippen LogP contribution in [0.2, 0.25) is 0 Å². The van der Waals surface area contributed by atoms with Crippen LogP contribution in [0, 0.1) is 5.92 Å². The number of hydrogen-bond donors (Lipinski definition) is 1. The molecule has 3 rings (SSSR count). The Kier molecular flexibility index (Phi) is 6.84. The molecule has 1 N–H and O–H groups in total. The summed E-state index contributed by atoms with van der Waals surface area (Å²) in [5.74, 6) is 0.711. The van der Waals surface area contributed by atoms with Crippen molar-refractivity contribution in [1.82, 2.24) is 25.0 Å².